The van der Waals surface area contributed by atoms with Crippen molar-refractivity contribution in [2.75, 3.05) is 6.54 Å². The molecule has 3 N–H and O–H groups in total. The van der Waals surface area contributed by atoms with Crippen LogP contribution in [-0.4, -0.2) is 16.7 Å². The summed E-state index contributed by atoms with van der Waals surface area (Å²) >= 11 is 3.48. The minimum Gasteiger partial charge on any atom is -0.330 e. The van der Waals surface area contributed by atoms with Crippen LogP contribution in [-0.2, 0) is 6.42 Å². The zero-order valence-corrected chi connectivity index (χ0v) is 10.0. The number of nitrogens with zero attached hydrogens (tertiary/aromatic N) is 1. The minimum atomic E-state index is 0.766. The van der Waals surface area contributed by atoms with E-state index >= 15 is 0 Å². The van der Waals surface area contributed by atoms with E-state index in [1.807, 2.05) is 12.1 Å². The van der Waals surface area contributed by atoms with Gasteiger partial charge in [0.25, 0.3) is 0 Å². The highest BCUT2D eigenvalue weighted by molar-refractivity contribution is 9.10. The Kier molecular flexibility index (Phi) is 3.38. The quantitative estimate of drug-likeness (QED) is 0.837. The van der Waals surface area contributed by atoms with E-state index in [4.69, 9.17) is 5.73 Å². The molecule has 0 atom stereocenters. The fourth-order valence-corrected chi connectivity index (χ4v) is 2.31. The van der Waals surface area contributed by atoms with Crippen LogP contribution in [0.3, 0.4) is 0 Å². The molecule has 15 heavy (non-hydrogen) atoms. The average Bonchev–Trinajstić information content (AvgIpc) is 2.62. The summed E-state index contributed by atoms with van der Waals surface area (Å²) in [5.74, 6) is 0. The number of unbranched alkanes of at least 4 members (excludes halogenated alkanes) is 1. The Hall–Kier alpha value is -0.870. The third-order valence-electron chi connectivity index (χ3n) is 2.52. The SMILES string of the molecule is NCCCCc1cccc2n[nH]c(Br)c12. The summed E-state index contributed by atoms with van der Waals surface area (Å²) in [4.78, 5) is 0. The summed E-state index contributed by atoms with van der Waals surface area (Å²) in [6, 6.07) is 6.22. The van der Waals surface area contributed by atoms with E-state index in [1.54, 1.807) is 0 Å². The molecule has 0 bridgehead atoms. The highest BCUT2D eigenvalue weighted by Gasteiger charge is 2.06. The Labute approximate surface area is 97.2 Å². The van der Waals surface area contributed by atoms with Crippen LogP contribution in [0.2, 0.25) is 0 Å². The summed E-state index contributed by atoms with van der Waals surface area (Å²) in [6.45, 7) is 0.766. The lowest BCUT2D eigenvalue weighted by Gasteiger charge is -2.02. The standard InChI is InChI=1S/C11H14BrN3/c12-11-10-8(4-1-2-7-13)5-3-6-9(10)14-15-11/h3,5-6H,1-2,4,7,13H2,(H,14,15). The molecule has 2 aromatic rings. The molecule has 1 aromatic heterocycles. The molecule has 1 aromatic carbocycles. The summed E-state index contributed by atoms with van der Waals surface area (Å²) in [7, 11) is 0. The topological polar surface area (TPSA) is 54.7 Å². The van der Waals surface area contributed by atoms with Crippen molar-refractivity contribution in [3.63, 3.8) is 0 Å². The minimum absolute atomic E-state index is 0.766. The average molecular weight is 268 g/mol. The monoisotopic (exact) mass is 267 g/mol. The van der Waals surface area contributed by atoms with Gasteiger partial charge in [-0.25, -0.2) is 0 Å². The van der Waals surface area contributed by atoms with E-state index in [2.05, 4.69) is 32.2 Å². The maximum Gasteiger partial charge on any atom is 0.109 e. The maximum atomic E-state index is 5.49. The lowest BCUT2D eigenvalue weighted by atomic mass is 10.0. The molecule has 0 saturated carbocycles. The van der Waals surface area contributed by atoms with Crippen molar-refractivity contribution >= 4 is 26.8 Å². The molecule has 0 aliphatic rings. The smallest absolute Gasteiger partial charge is 0.109 e. The van der Waals surface area contributed by atoms with E-state index in [0.717, 1.165) is 35.9 Å². The highest BCUT2D eigenvalue weighted by atomic mass is 79.9. The first-order valence-corrected chi connectivity index (χ1v) is 5.94. The van der Waals surface area contributed by atoms with Gasteiger partial charge in [-0.1, -0.05) is 12.1 Å². The van der Waals surface area contributed by atoms with Gasteiger partial charge in [0, 0.05) is 5.39 Å². The number of nitrogens with one attached hydrogen (secondary N) is 1. The zero-order valence-electron chi connectivity index (χ0n) is 8.46. The summed E-state index contributed by atoms with van der Waals surface area (Å²) < 4.78 is 0.973. The van der Waals surface area contributed by atoms with Crippen molar-refractivity contribution in [3.05, 3.63) is 28.4 Å². The van der Waals surface area contributed by atoms with Gasteiger partial charge in [0.2, 0.25) is 0 Å². The molecule has 0 amide bonds. The van der Waals surface area contributed by atoms with Crippen molar-refractivity contribution in [1.82, 2.24) is 10.2 Å². The molecule has 2 rings (SSSR count). The van der Waals surface area contributed by atoms with Crippen LogP contribution in [0.1, 0.15) is 18.4 Å². The molecule has 1 heterocycles. The first kappa shape index (κ1) is 10.6. The predicted octanol–water partition coefficient (Wildman–Crippen LogP) is 2.61. The fraction of sp³-hybridized carbons (Fsp3) is 0.364. The molecule has 0 radical (unpaired) electrons. The Morgan fingerprint density at radius 1 is 1.33 bits per heavy atom. The Balaban J connectivity index is 2.29. The third kappa shape index (κ3) is 2.21. The second-order valence-electron chi connectivity index (χ2n) is 3.59. The number of hydrogen-bond donors (Lipinski definition) is 2. The van der Waals surface area contributed by atoms with Crippen LogP contribution in [0.25, 0.3) is 10.9 Å². The number of benzene rings is 1. The lowest BCUT2D eigenvalue weighted by molar-refractivity contribution is 0.747. The number of aryl methyl sites for hydroxylation is 1. The second kappa shape index (κ2) is 4.77. The zero-order chi connectivity index (χ0) is 10.7. The van der Waals surface area contributed by atoms with Crippen molar-refractivity contribution in [3.8, 4) is 0 Å². The van der Waals surface area contributed by atoms with Crippen molar-refractivity contribution in [2.45, 2.75) is 19.3 Å². The van der Waals surface area contributed by atoms with Gasteiger partial charge in [-0.05, 0) is 53.4 Å². The third-order valence-corrected chi connectivity index (χ3v) is 3.10. The largest absolute Gasteiger partial charge is 0.330 e. The van der Waals surface area contributed by atoms with Crippen LogP contribution in [0, 0.1) is 0 Å². The van der Waals surface area contributed by atoms with Crippen molar-refractivity contribution in [1.29, 1.82) is 0 Å². The summed E-state index contributed by atoms with van der Waals surface area (Å²) in [5, 5.41) is 8.36. The molecule has 0 spiro atoms. The van der Waals surface area contributed by atoms with Crippen LogP contribution in [0.5, 0.6) is 0 Å². The van der Waals surface area contributed by atoms with Gasteiger partial charge in [-0.15, -0.1) is 0 Å². The fourth-order valence-electron chi connectivity index (χ4n) is 1.77. The van der Waals surface area contributed by atoms with Gasteiger partial charge < -0.3 is 5.73 Å². The highest BCUT2D eigenvalue weighted by Crippen LogP contribution is 2.25. The molecule has 0 saturated heterocycles. The van der Waals surface area contributed by atoms with E-state index in [0.29, 0.717) is 0 Å². The van der Waals surface area contributed by atoms with Gasteiger partial charge in [-0.3, -0.25) is 5.10 Å². The molecular weight excluding hydrogens is 254 g/mol. The molecular formula is C11H14BrN3. The van der Waals surface area contributed by atoms with Gasteiger partial charge in [0.1, 0.15) is 4.60 Å². The van der Waals surface area contributed by atoms with E-state index < -0.39 is 0 Å². The molecule has 0 fully saturated rings. The molecule has 0 aliphatic carbocycles. The van der Waals surface area contributed by atoms with E-state index in [-0.39, 0.29) is 0 Å². The normalized spacial score (nSPS) is 11.1. The molecule has 4 heteroatoms. The molecule has 0 aliphatic heterocycles. The van der Waals surface area contributed by atoms with E-state index in [9.17, 15) is 0 Å². The van der Waals surface area contributed by atoms with Crippen molar-refractivity contribution < 1.29 is 0 Å². The molecule has 3 nitrogen and oxygen atoms in total. The number of H-pyrrole nitrogens is 1. The predicted molar refractivity (Wildman–Crippen MR) is 65.8 cm³/mol. The molecule has 80 valence electrons. The number of aromatic amines is 1. The Morgan fingerprint density at radius 2 is 2.20 bits per heavy atom. The number of rotatable bonds is 4. The Bertz CT molecular complexity index is 450. The Morgan fingerprint density at radius 3 is 3.00 bits per heavy atom. The summed E-state index contributed by atoms with van der Waals surface area (Å²) in [5.41, 5.74) is 7.84. The van der Waals surface area contributed by atoms with Crippen LogP contribution in [0.4, 0.5) is 0 Å². The first-order valence-electron chi connectivity index (χ1n) is 5.14. The van der Waals surface area contributed by atoms with E-state index in [1.165, 1.54) is 10.9 Å². The lowest BCUT2D eigenvalue weighted by Crippen LogP contribution is -1.99. The van der Waals surface area contributed by atoms with Crippen LogP contribution < -0.4 is 5.73 Å². The maximum absolute atomic E-state index is 5.49. The summed E-state index contributed by atoms with van der Waals surface area (Å²) in [6.07, 6.45) is 3.27. The second-order valence-corrected chi connectivity index (χ2v) is 4.39. The van der Waals surface area contributed by atoms with Crippen LogP contribution >= 0.6 is 15.9 Å². The van der Waals surface area contributed by atoms with Gasteiger partial charge in [0.15, 0.2) is 0 Å². The van der Waals surface area contributed by atoms with Gasteiger partial charge in [0.05, 0.1) is 5.52 Å². The molecule has 0 unspecified atom stereocenters. The number of nitrogens with two attached hydrogens (primary N) is 1. The van der Waals surface area contributed by atoms with Crippen LogP contribution in [0.15, 0.2) is 22.8 Å². The number of hydrogen-bond acceptors (Lipinski definition) is 2. The first-order chi connectivity index (χ1) is 7.33. The number of halogens is 1. The van der Waals surface area contributed by atoms with Gasteiger partial charge in [-0.2, -0.15) is 5.10 Å². The number of aromatic nitrogens is 2. The van der Waals surface area contributed by atoms with Gasteiger partial charge >= 0.3 is 0 Å². The van der Waals surface area contributed by atoms with Crippen molar-refractivity contribution in [2.24, 2.45) is 5.73 Å². The number of fused-ring (bicyclic) bond motifs is 1.